The Morgan fingerprint density at radius 2 is 2.00 bits per heavy atom. The largest absolute Gasteiger partial charge is 0.347 e. The topological polar surface area (TPSA) is 49.4 Å². The van der Waals surface area contributed by atoms with E-state index in [2.05, 4.69) is 21.2 Å². The summed E-state index contributed by atoms with van der Waals surface area (Å²) in [4.78, 5) is 25.9. The van der Waals surface area contributed by atoms with Gasteiger partial charge in [0, 0.05) is 23.1 Å². The summed E-state index contributed by atoms with van der Waals surface area (Å²) in [7, 11) is 0. The maximum absolute atomic E-state index is 13.3. The van der Waals surface area contributed by atoms with E-state index in [1.807, 2.05) is 6.07 Å². The first-order valence-corrected chi connectivity index (χ1v) is 7.95. The monoisotopic (exact) mass is 376 g/mol. The Bertz CT molecular complexity index is 766. The van der Waals surface area contributed by atoms with Crippen molar-refractivity contribution >= 4 is 33.4 Å². The molecule has 1 saturated heterocycles. The van der Waals surface area contributed by atoms with Gasteiger partial charge in [0.15, 0.2) is 0 Å². The van der Waals surface area contributed by atoms with Crippen molar-refractivity contribution in [1.29, 1.82) is 0 Å². The third-order valence-corrected chi connectivity index (χ3v) is 4.39. The van der Waals surface area contributed by atoms with E-state index >= 15 is 0 Å². The lowest BCUT2D eigenvalue weighted by atomic mass is 10.2. The number of rotatable bonds is 3. The fourth-order valence-electron chi connectivity index (χ4n) is 2.61. The van der Waals surface area contributed by atoms with Crippen LogP contribution in [0.2, 0.25) is 0 Å². The first kappa shape index (κ1) is 15.7. The molecule has 1 heterocycles. The lowest BCUT2D eigenvalue weighted by Gasteiger charge is -2.17. The number of nitrogens with one attached hydrogen (secondary N) is 1. The Morgan fingerprint density at radius 1 is 1.22 bits per heavy atom. The van der Waals surface area contributed by atoms with E-state index in [-0.39, 0.29) is 24.3 Å². The van der Waals surface area contributed by atoms with Gasteiger partial charge in [-0.25, -0.2) is 4.39 Å². The molecule has 2 amide bonds. The molecule has 4 nitrogen and oxygen atoms in total. The molecule has 0 bridgehead atoms. The number of carbonyl (C=O) groups is 2. The normalized spacial score (nSPS) is 17.4. The van der Waals surface area contributed by atoms with Gasteiger partial charge in [0.2, 0.25) is 5.91 Å². The summed E-state index contributed by atoms with van der Waals surface area (Å²) in [6, 6.07) is 12.7. The molecule has 118 valence electrons. The van der Waals surface area contributed by atoms with Gasteiger partial charge in [-0.2, -0.15) is 0 Å². The number of anilines is 1. The average molecular weight is 377 g/mol. The minimum atomic E-state index is -0.393. The second kappa shape index (κ2) is 6.50. The molecule has 6 heteroatoms. The third kappa shape index (κ3) is 3.42. The molecule has 3 rings (SSSR count). The zero-order valence-electron chi connectivity index (χ0n) is 12.1. The Morgan fingerprint density at radius 3 is 2.74 bits per heavy atom. The third-order valence-electron chi connectivity index (χ3n) is 3.70. The minimum absolute atomic E-state index is 0.131. The molecule has 0 saturated carbocycles. The van der Waals surface area contributed by atoms with Crippen LogP contribution >= 0.6 is 15.9 Å². The fraction of sp³-hybridized carbons (Fsp3) is 0.176. The molecular formula is C17H14BrFN2O2. The second-order valence-corrected chi connectivity index (χ2v) is 6.19. The number of halogens is 2. The summed E-state index contributed by atoms with van der Waals surface area (Å²) in [5, 5.41) is 2.86. The van der Waals surface area contributed by atoms with Crippen molar-refractivity contribution in [3.05, 3.63) is 64.4 Å². The summed E-state index contributed by atoms with van der Waals surface area (Å²) in [5.41, 5.74) is 1.02. The number of benzene rings is 2. The summed E-state index contributed by atoms with van der Waals surface area (Å²) in [6.07, 6.45) is 0.201. The SMILES string of the molecule is O=C(NC1CC(=O)N(c2cccc(F)c2)C1)c1ccccc1Br. The molecule has 1 aliphatic rings. The van der Waals surface area contributed by atoms with Gasteiger partial charge < -0.3 is 10.2 Å². The van der Waals surface area contributed by atoms with Crippen LogP contribution in [0.3, 0.4) is 0 Å². The second-order valence-electron chi connectivity index (χ2n) is 5.34. The van der Waals surface area contributed by atoms with E-state index in [9.17, 15) is 14.0 Å². The van der Waals surface area contributed by atoms with Crippen LogP contribution in [0.1, 0.15) is 16.8 Å². The number of nitrogens with zero attached hydrogens (tertiary/aromatic N) is 1. The zero-order valence-corrected chi connectivity index (χ0v) is 13.7. The van der Waals surface area contributed by atoms with Gasteiger partial charge in [-0.1, -0.05) is 18.2 Å². The highest BCUT2D eigenvalue weighted by Crippen LogP contribution is 2.23. The van der Waals surface area contributed by atoms with E-state index in [4.69, 9.17) is 0 Å². The van der Waals surface area contributed by atoms with Crippen LogP contribution in [0.15, 0.2) is 53.0 Å². The van der Waals surface area contributed by atoms with E-state index in [1.54, 1.807) is 30.3 Å². The maximum Gasteiger partial charge on any atom is 0.252 e. The smallest absolute Gasteiger partial charge is 0.252 e. The molecule has 0 aliphatic carbocycles. The molecule has 1 unspecified atom stereocenters. The van der Waals surface area contributed by atoms with Crippen molar-refractivity contribution in [1.82, 2.24) is 5.32 Å². The molecule has 2 aromatic rings. The first-order valence-electron chi connectivity index (χ1n) is 7.16. The average Bonchev–Trinajstić information content (AvgIpc) is 2.88. The Hall–Kier alpha value is -2.21. The lowest BCUT2D eigenvalue weighted by Crippen LogP contribution is -2.37. The van der Waals surface area contributed by atoms with Crippen LogP contribution in [0.4, 0.5) is 10.1 Å². The van der Waals surface area contributed by atoms with Crippen LogP contribution < -0.4 is 10.2 Å². The quantitative estimate of drug-likeness (QED) is 0.894. The summed E-state index contributed by atoms with van der Waals surface area (Å²) < 4.78 is 14.0. The number of hydrogen-bond donors (Lipinski definition) is 1. The van der Waals surface area contributed by atoms with Gasteiger partial charge in [-0.05, 0) is 46.3 Å². The highest BCUT2D eigenvalue weighted by atomic mass is 79.9. The Kier molecular flexibility index (Phi) is 4.43. The Labute approximate surface area is 141 Å². The van der Waals surface area contributed by atoms with Crippen LogP contribution in [0.5, 0.6) is 0 Å². The van der Waals surface area contributed by atoms with Crippen molar-refractivity contribution < 1.29 is 14.0 Å². The van der Waals surface area contributed by atoms with Gasteiger partial charge >= 0.3 is 0 Å². The predicted octanol–water partition coefficient (Wildman–Crippen LogP) is 3.12. The van der Waals surface area contributed by atoms with Crippen LogP contribution in [0, 0.1) is 5.82 Å². The van der Waals surface area contributed by atoms with Crippen LogP contribution in [0.25, 0.3) is 0 Å². The molecule has 1 aliphatic heterocycles. The van der Waals surface area contributed by atoms with E-state index in [0.717, 1.165) is 0 Å². The molecule has 0 aromatic heterocycles. The molecule has 1 fully saturated rings. The number of hydrogen-bond acceptors (Lipinski definition) is 2. The lowest BCUT2D eigenvalue weighted by molar-refractivity contribution is -0.117. The standard InChI is InChI=1S/C17H14BrFN2O2/c18-15-7-2-1-6-14(15)17(23)20-12-9-16(22)21(10-12)13-5-3-4-11(19)8-13/h1-8,12H,9-10H2,(H,20,23). The van der Waals surface area contributed by atoms with Crippen molar-refractivity contribution in [2.24, 2.45) is 0 Å². The molecule has 1 N–H and O–H groups in total. The molecule has 2 aromatic carbocycles. The number of carbonyl (C=O) groups excluding carboxylic acids is 2. The highest BCUT2D eigenvalue weighted by Gasteiger charge is 2.32. The van der Waals surface area contributed by atoms with Crippen LogP contribution in [-0.4, -0.2) is 24.4 Å². The molecule has 0 radical (unpaired) electrons. The molecule has 23 heavy (non-hydrogen) atoms. The molecule has 1 atom stereocenters. The van der Waals surface area contributed by atoms with Gasteiger partial charge in [0.25, 0.3) is 5.91 Å². The minimum Gasteiger partial charge on any atom is -0.347 e. The zero-order chi connectivity index (χ0) is 16.4. The van der Waals surface area contributed by atoms with Crippen molar-refractivity contribution in [2.75, 3.05) is 11.4 Å². The highest BCUT2D eigenvalue weighted by molar-refractivity contribution is 9.10. The fourth-order valence-corrected chi connectivity index (χ4v) is 3.07. The van der Waals surface area contributed by atoms with E-state index in [1.165, 1.54) is 17.0 Å². The first-order chi connectivity index (χ1) is 11.0. The van der Waals surface area contributed by atoms with E-state index in [0.29, 0.717) is 22.3 Å². The predicted molar refractivity (Wildman–Crippen MR) is 88.8 cm³/mol. The van der Waals surface area contributed by atoms with Gasteiger partial charge in [-0.3, -0.25) is 9.59 Å². The summed E-state index contributed by atoms with van der Waals surface area (Å²) in [6.45, 7) is 0.332. The van der Waals surface area contributed by atoms with E-state index < -0.39 is 5.82 Å². The van der Waals surface area contributed by atoms with Gasteiger partial charge in [0.05, 0.1) is 11.6 Å². The van der Waals surface area contributed by atoms with Crippen LogP contribution in [-0.2, 0) is 4.79 Å². The van der Waals surface area contributed by atoms with Crippen molar-refractivity contribution in [2.45, 2.75) is 12.5 Å². The number of amides is 2. The molecule has 0 spiro atoms. The summed E-state index contributed by atoms with van der Waals surface area (Å²) >= 11 is 3.33. The summed E-state index contributed by atoms with van der Waals surface area (Å²) in [5.74, 6) is -0.764. The Balaban J connectivity index is 1.71. The van der Waals surface area contributed by atoms with Crippen molar-refractivity contribution in [3.8, 4) is 0 Å². The van der Waals surface area contributed by atoms with Crippen molar-refractivity contribution in [3.63, 3.8) is 0 Å². The molecular weight excluding hydrogens is 363 g/mol. The maximum atomic E-state index is 13.3. The van der Waals surface area contributed by atoms with Gasteiger partial charge in [-0.15, -0.1) is 0 Å². The van der Waals surface area contributed by atoms with Gasteiger partial charge in [0.1, 0.15) is 5.82 Å².